The summed E-state index contributed by atoms with van der Waals surface area (Å²) in [5.74, 6) is 0.969. The highest BCUT2D eigenvalue weighted by molar-refractivity contribution is 5.98. The van der Waals surface area contributed by atoms with Crippen molar-refractivity contribution < 1.29 is 19.1 Å². The van der Waals surface area contributed by atoms with Crippen molar-refractivity contribution in [2.24, 2.45) is 5.92 Å². The van der Waals surface area contributed by atoms with Gasteiger partial charge >= 0.3 is 0 Å². The number of likely N-dealkylation sites (tertiary alicyclic amines) is 1. The van der Waals surface area contributed by atoms with Crippen molar-refractivity contribution >= 4 is 11.8 Å². The summed E-state index contributed by atoms with van der Waals surface area (Å²) in [6.45, 7) is 1.83. The molecule has 1 N–H and O–H groups in total. The zero-order valence-corrected chi connectivity index (χ0v) is 18.5. The maximum absolute atomic E-state index is 13.1. The Morgan fingerprint density at radius 2 is 1.90 bits per heavy atom. The molecular weight excluding hydrogens is 394 g/mol. The topological polar surface area (TPSA) is 71.1 Å². The van der Waals surface area contributed by atoms with E-state index in [1.54, 1.807) is 33.2 Å². The molecule has 2 aliphatic heterocycles. The molecule has 2 aromatic carbocycles. The molecule has 0 unspecified atom stereocenters. The molecule has 4 rings (SSSR count). The zero-order valence-electron chi connectivity index (χ0n) is 18.5. The lowest BCUT2D eigenvalue weighted by Gasteiger charge is -2.40. The third-order valence-electron chi connectivity index (χ3n) is 6.34. The van der Waals surface area contributed by atoms with Gasteiger partial charge in [-0.3, -0.25) is 14.5 Å². The van der Waals surface area contributed by atoms with Gasteiger partial charge in [-0.15, -0.1) is 0 Å². The largest absolute Gasteiger partial charge is 0.493 e. The molecule has 7 nitrogen and oxygen atoms in total. The van der Waals surface area contributed by atoms with Crippen LogP contribution in [-0.2, 0) is 17.8 Å². The molecule has 2 amide bonds. The minimum atomic E-state index is -0.622. The smallest absolute Gasteiger partial charge is 0.252 e. The van der Waals surface area contributed by atoms with E-state index in [0.717, 1.165) is 11.1 Å². The maximum Gasteiger partial charge on any atom is 0.252 e. The number of methoxy groups -OCH3 is 2. The maximum atomic E-state index is 13.1. The van der Waals surface area contributed by atoms with Gasteiger partial charge in [-0.1, -0.05) is 24.3 Å². The fourth-order valence-electron chi connectivity index (χ4n) is 4.87. The molecule has 1 spiro atoms. The Morgan fingerprint density at radius 1 is 1.16 bits per heavy atom. The second-order valence-corrected chi connectivity index (χ2v) is 8.59. The number of carbonyl (C=O) groups is 2. The van der Waals surface area contributed by atoms with Gasteiger partial charge < -0.3 is 19.7 Å². The van der Waals surface area contributed by atoms with Gasteiger partial charge in [-0.25, -0.2) is 0 Å². The number of nitrogens with one attached hydrogen (secondary N) is 1. The van der Waals surface area contributed by atoms with Gasteiger partial charge in [0.25, 0.3) is 5.91 Å². The minimum Gasteiger partial charge on any atom is -0.493 e. The highest BCUT2D eigenvalue weighted by Gasteiger charge is 2.53. The Hall–Kier alpha value is -3.06. The third kappa shape index (κ3) is 3.85. The number of nitrogens with zero attached hydrogens (tertiary/aromatic N) is 2. The lowest BCUT2D eigenvalue weighted by molar-refractivity contribution is -0.134. The van der Waals surface area contributed by atoms with Gasteiger partial charge in [0, 0.05) is 39.3 Å². The molecule has 164 valence electrons. The first-order valence-corrected chi connectivity index (χ1v) is 10.4. The minimum absolute atomic E-state index is 0.0366. The Bertz CT molecular complexity index is 1010. The first-order chi connectivity index (χ1) is 14.9. The summed E-state index contributed by atoms with van der Waals surface area (Å²) in [5, 5.41) is 3.22. The van der Waals surface area contributed by atoms with Gasteiger partial charge in [-0.2, -0.15) is 0 Å². The number of amides is 2. The third-order valence-corrected chi connectivity index (χ3v) is 6.34. The van der Waals surface area contributed by atoms with Gasteiger partial charge in [-0.05, 0) is 35.7 Å². The van der Waals surface area contributed by atoms with Crippen LogP contribution in [0.4, 0.5) is 0 Å². The molecule has 0 aromatic heterocycles. The lowest BCUT2D eigenvalue weighted by Crippen LogP contribution is -2.61. The van der Waals surface area contributed by atoms with E-state index in [2.05, 4.69) is 10.2 Å². The van der Waals surface area contributed by atoms with E-state index in [0.29, 0.717) is 43.1 Å². The SMILES string of the molecule is COc1ccc(CN2C[C@@H](C(=O)N(C)C)[C@@]3(Cc4ccccc4C(=O)N3)C2)cc1OC. The van der Waals surface area contributed by atoms with E-state index in [1.807, 2.05) is 42.5 Å². The fourth-order valence-corrected chi connectivity index (χ4v) is 4.87. The van der Waals surface area contributed by atoms with Crippen LogP contribution in [0.5, 0.6) is 11.5 Å². The van der Waals surface area contributed by atoms with Gasteiger partial charge in [0.1, 0.15) is 0 Å². The van der Waals surface area contributed by atoms with Crippen LogP contribution in [0.25, 0.3) is 0 Å². The highest BCUT2D eigenvalue weighted by Crippen LogP contribution is 2.37. The van der Waals surface area contributed by atoms with Crippen LogP contribution < -0.4 is 14.8 Å². The molecule has 1 fully saturated rings. The average Bonchev–Trinajstić information content (AvgIpc) is 3.09. The summed E-state index contributed by atoms with van der Waals surface area (Å²) < 4.78 is 10.8. The van der Waals surface area contributed by atoms with Gasteiger partial charge in [0.05, 0.1) is 25.7 Å². The second kappa shape index (κ2) is 8.23. The summed E-state index contributed by atoms with van der Waals surface area (Å²) in [4.78, 5) is 29.9. The number of hydrogen-bond donors (Lipinski definition) is 1. The normalized spacial score (nSPS) is 22.7. The summed E-state index contributed by atoms with van der Waals surface area (Å²) in [6.07, 6.45) is 0.640. The van der Waals surface area contributed by atoms with E-state index in [1.165, 1.54) is 0 Å². The van der Waals surface area contributed by atoms with Crippen LogP contribution in [0, 0.1) is 5.92 Å². The number of benzene rings is 2. The number of fused-ring (bicyclic) bond motifs is 1. The van der Waals surface area contributed by atoms with Crippen LogP contribution >= 0.6 is 0 Å². The second-order valence-electron chi connectivity index (χ2n) is 8.59. The van der Waals surface area contributed by atoms with Crippen molar-refractivity contribution in [3.63, 3.8) is 0 Å². The van der Waals surface area contributed by atoms with Crippen LogP contribution in [0.2, 0.25) is 0 Å². The molecule has 31 heavy (non-hydrogen) atoms. The number of ether oxygens (including phenoxy) is 2. The van der Waals surface area contributed by atoms with Crippen molar-refractivity contribution in [1.29, 1.82) is 0 Å². The molecule has 0 bridgehead atoms. The van der Waals surface area contributed by atoms with Crippen LogP contribution in [0.3, 0.4) is 0 Å². The Labute approximate surface area is 182 Å². The van der Waals surface area contributed by atoms with Crippen LogP contribution in [0.1, 0.15) is 21.5 Å². The molecule has 0 aliphatic carbocycles. The van der Waals surface area contributed by atoms with E-state index in [4.69, 9.17) is 9.47 Å². The van der Waals surface area contributed by atoms with Gasteiger partial charge in [0.15, 0.2) is 11.5 Å². The molecule has 1 saturated heterocycles. The first-order valence-electron chi connectivity index (χ1n) is 10.4. The van der Waals surface area contributed by atoms with Crippen molar-refractivity contribution in [3.8, 4) is 11.5 Å². The van der Waals surface area contributed by atoms with Crippen molar-refractivity contribution in [2.75, 3.05) is 41.4 Å². The van der Waals surface area contributed by atoms with E-state index in [-0.39, 0.29) is 17.7 Å². The van der Waals surface area contributed by atoms with Crippen molar-refractivity contribution in [1.82, 2.24) is 15.1 Å². The Morgan fingerprint density at radius 3 is 2.61 bits per heavy atom. The predicted molar refractivity (Wildman–Crippen MR) is 117 cm³/mol. The molecule has 2 atom stereocenters. The molecule has 0 saturated carbocycles. The monoisotopic (exact) mass is 423 g/mol. The van der Waals surface area contributed by atoms with Crippen molar-refractivity contribution in [3.05, 3.63) is 59.2 Å². The highest BCUT2D eigenvalue weighted by atomic mass is 16.5. The molecule has 2 aliphatic rings. The molecular formula is C24H29N3O4. The summed E-state index contributed by atoms with van der Waals surface area (Å²) in [7, 11) is 6.77. The van der Waals surface area contributed by atoms with Crippen LogP contribution in [-0.4, -0.2) is 68.6 Å². The molecule has 7 heteroatoms. The Balaban J connectivity index is 1.63. The summed E-state index contributed by atoms with van der Waals surface area (Å²) >= 11 is 0. The van der Waals surface area contributed by atoms with E-state index >= 15 is 0 Å². The number of hydrogen-bond acceptors (Lipinski definition) is 5. The Kier molecular flexibility index (Phi) is 5.62. The summed E-state index contributed by atoms with van der Waals surface area (Å²) in [6, 6.07) is 13.5. The average molecular weight is 424 g/mol. The molecule has 0 radical (unpaired) electrons. The standard InChI is InChI=1S/C24H29N3O4/c1-26(2)23(29)19-14-27(13-16-9-10-20(30-3)21(11-16)31-4)15-24(19)12-17-7-5-6-8-18(17)22(28)25-24/h5-11,19H,12-15H2,1-4H3,(H,25,28)/t19-,24+/m0/s1. The van der Waals surface area contributed by atoms with E-state index in [9.17, 15) is 9.59 Å². The predicted octanol–water partition coefficient (Wildman–Crippen LogP) is 1.95. The summed E-state index contributed by atoms with van der Waals surface area (Å²) in [5.41, 5.74) is 2.13. The van der Waals surface area contributed by atoms with Gasteiger partial charge in [0.2, 0.25) is 5.91 Å². The molecule has 2 heterocycles. The van der Waals surface area contributed by atoms with E-state index < -0.39 is 5.54 Å². The number of rotatable bonds is 5. The molecule has 2 aromatic rings. The quantitative estimate of drug-likeness (QED) is 0.796. The fraction of sp³-hybridized carbons (Fsp3) is 0.417. The lowest BCUT2D eigenvalue weighted by atomic mass is 9.77. The van der Waals surface area contributed by atoms with Crippen LogP contribution in [0.15, 0.2) is 42.5 Å². The first kappa shape index (κ1) is 21.2. The number of carbonyl (C=O) groups excluding carboxylic acids is 2. The zero-order chi connectivity index (χ0) is 22.2. The van der Waals surface area contributed by atoms with Crippen molar-refractivity contribution in [2.45, 2.75) is 18.5 Å².